The van der Waals surface area contributed by atoms with Gasteiger partial charge in [-0.25, -0.2) is 4.39 Å². The first-order valence-corrected chi connectivity index (χ1v) is 4.95. The summed E-state index contributed by atoms with van der Waals surface area (Å²) in [7, 11) is 1.05. The number of methoxy groups -OCH3 is 1. The second kappa shape index (κ2) is 5.34. The number of alkyl halides is 3. The molecule has 0 aromatic heterocycles. The number of carbonyl (C=O) groups excluding carboxylic acids is 1. The fourth-order valence-electron chi connectivity index (χ4n) is 1.49. The van der Waals surface area contributed by atoms with Crippen LogP contribution in [-0.2, 0) is 22.1 Å². The number of halogens is 4. The molecule has 0 fully saturated rings. The molecule has 0 unspecified atom stereocenters. The third kappa shape index (κ3) is 3.19. The summed E-state index contributed by atoms with van der Waals surface area (Å²) in [6.07, 6.45) is -5.28. The number of nitrogens with two attached hydrogens (primary N) is 1. The van der Waals surface area contributed by atoms with Gasteiger partial charge in [0.2, 0.25) is 0 Å². The predicted molar refractivity (Wildman–Crippen MR) is 55.1 cm³/mol. The van der Waals surface area contributed by atoms with E-state index in [1.807, 2.05) is 0 Å². The SMILES string of the molecule is COC(=O)[C@H](N)Cc1c(F)cccc1C(F)(F)F. The van der Waals surface area contributed by atoms with Crippen LogP contribution in [0.4, 0.5) is 17.6 Å². The van der Waals surface area contributed by atoms with E-state index in [2.05, 4.69) is 4.74 Å². The molecule has 0 saturated carbocycles. The average molecular weight is 265 g/mol. The zero-order valence-corrected chi connectivity index (χ0v) is 9.42. The van der Waals surface area contributed by atoms with Crippen LogP contribution in [0.2, 0.25) is 0 Å². The Kier molecular flexibility index (Phi) is 4.28. The molecule has 0 bridgehead atoms. The summed E-state index contributed by atoms with van der Waals surface area (Å²) in [4.78, 5) is 11.0. The molecule has 0 aliphatic carbocycles. The minimum Gasteiger partial charge on any atom is -0.468 e. The molecule has 0 heterocycles. The van der Waals surface area contributed by atoms with E-state index in [-0.39, 0.29) is 0 Å². The van der Waals surface area contributed by atoms with Crippen LogP contribution < -0.4 is 5.73 Å². The van der Waals surface area contributed by atoms with E-state index >= 15 is 0 Å². The van der Waals surface area contributed by atoms with Gasteiger partial charge >= 0.3 is 12.1 Å². The van der Waals surface area contributed by atoms with Crippen molar-refractivity contribution in [2.45, 2.75) is 18.6 Å². The van der Waals surface area contributed by atoms with Crippen LogP contribution in [0.25, 0.3) is 0 Å². The van der Waals surface area contributed by atoms with Crippen molar-refractivity contribution in [2.24, 2.45) is 5.73 Å². The van der Waals surface area contributed by atoms with Crippen LogP contribution >= 0.6 is 0 Å². The molecule has 0 aliphatic heterocycles. The van der Waals surface area contributed by atoms with E-state index in [9.17, 15) is 22.4 Å². The van der Waals surface area contributed by atoms with Crippen molar-refractivity contribution in [1.82, 2.24) is 0 Å². The molecule has 100 valence electrons. The summed E-state index contributed by atoms with van der Waals surface area (Å²) in [6.45, 7) is 0. The normalized spacial score (nSPS) is 13.2. The zero-order valence-electron chi connectivity index (χ0n) is 9.42. The van der Waals surface area contributed by atoms with Crippen molar-refractivity contribution in [1.29, 1.82) is 0 Å². The molecule has 0 saturated heterocycles. The maximum atomic E-state index is 13.4. The standard InChI is InChI=1S/C11H11F4NO2/c1-18-10(17)9(16)5-6-7(11(13,14)15)3-2-4-8(6)12/h2-4,9H,5,16H2,1H3/t9-/m1/s1. The van der Waals surface area contributed by atoms with Gasteiger partial charge in [-0.1, -0.05) is 6.07 Å². The maximum Gasteiger partial charge on any atom is 0.416 e. The van der Waals surface area contributed by atoms with Gasteiger partial charge in [-0.15, -0.1) is 0 Å². The molecule has 18 heavy (non-hydrogen) atoms. The fourth-order valence-corrected chi connectivity index (χ4v) is 1.49. The number of benzene rings is 1. The summed E-state index contributed by atoms with van der Waals surface area (Å²) in [5.74, 6) is -1.95. The van der Waals surface area contributed by atoms with Crippen LogP contribution in [0.1, 0.15) is 11.1 Å². The quantitative estimate of drug-likeness (QED) is 0.670. The summed E-state index contributed by atoms with van der Waals surface area (Å²) < 4.78 is 55.6. The molecule has 0 aliphatic rings. The first kappa shape index (κ1) is 14.4. The molecular formula is C11H11F4NO2. The zero-order chi connectivity index (χ0) is 13.9. The van der Waals surface area contributed by atoms with E-state index in [1.54, 1.807) is 0 Å². The van der Waals surface area contributed by atoms with E-state index in [4.69, 9.17) is 5.73 Å². The lowest BCUT2D eigenvalue weighted by Gasteiger charge is -2.15. The first-order valence-electron chi connectivity index (χ1n) is 4.95. The van der Waals surface area contributed by atoms with Gasteiger partial charge in [-0.2, -0.15) is 13.2 Å². The highest BCUT2D eigenvalue weighted by atomic mass is 19.4. The number of hydrogen-bond acceptors (Lipinski definition) is 3. The highest BCUT2D eigenvalue weighted by molar-refractivity contribution is 5.75. The van der Waals surface area contributed by atoms with Gasteiger partial charge in [-0.3, -0.25) is 4.79 Å². The third-order valence-electron chi connectivity index (χ3n) is 2.35. The van der Waals surface area contributed by atoms with Crippen molar-refractivity contribution < 1.29 is 27.1 Å². The lowest BCUT2D eigenvalue weighted by molar-refractivity contribution is -0.143. The van der Waals surface area contributed by atoms with Gasteiger partial charge in [0.15, 0.2) is 0 Å². The molecule has 7 heteroatoms. The Morgan fingerprint density at radius 2 is 2.06 bits per heavy atom. The van der Waals surface area contributed by atoms with Crippen molar-refractivity contribution in [3.8, 4) is 0 Å². The number of rotatable bonds is 3. The molecule has 1 aromatic rings. The Bertz CT molecular complexity index is 445. The molecule has 3 nitrogen and oxygen atoms in total. The molecule has 0 spiro atoms. The number of carbonyl (C=O) groups is 1. The van der Waals surface area contributed by atoms with Crippen LogP contribution in [0.15, 0.2) is 18.2 Å². The van der Waals surface area contributed by atoms with Gasteiger partial charge in [0, 0.05) is 12.0 Å². The van der Waals surface area contributed by atoms with Gasteiger partial charge in [0.05, 0.1) is 12.7 Å². The summed E-state index contributed by atoms with van der Waals surface area (Å²) >= 11 is 0. The smallest absolute Gasteiger partial charge is 0.416 e. The largest absolute Gasteiger partial charge is 0.468 e. The van der Waals surface area contributed by atoms with Gasteiger partial charge in [0.1, 0.15) is 11.9 Å². The maximum absolute atomic E-state index is 13.4. The van der Waals surface area contributed by atoms with Crippen molar-refractivity contribution in [2.75, 3.05) is 7.11 Å². The summed E-state index contributed by atoms with van der Waals surface area (Å²) in [5, 5.41) is 0. The Morgan fingerprint density at radius 1 is 1.44 bits per heavy atom. The lowest BCUT2D eigenvalue weighted by atomic mass is 9.99. The van der Waals surface area contributed by atoms with Crippen LogP contribution in [0.5, 0.6) is 0 Å². The number of ether oxygens (including phenoxy) is 1. The summed E-state index contributed by atoms with van der Waals surface area (Å²) in [6, 6.07) is 1.23. The molecule has 0 radical (unpaired) electrons. The van der Waals surface area contributed by atoms with Crippen LogP contribution in [0, 0.1) is 5.82 Å². The average Bonchev–Trinajstić information content (AvgIpc) is 2.29. The third-order valence-corrected chi connectivity index (χ3v) is 2.35. The molecule has 2 N–H and O–H groups in total. The molecule has 1 rings (SSSR count). The van der Waals surface area contributed by atoms with Gasteiger partial charge in [0.25, 0.3) is 0 Å². The van der Waals surface area contributed by atoms with Crippen molar-refractivity contribution in [3.63, 3.8) is 0 Å². The monoisotopic (exact) mass is 265 g/mol. The fraction of sp³-hybridized carbons (Fsp3) is 0.364. The lowest BCUT2D eigenvalue weighted by Crippen LogP contribution is -2.34. The van der Waals surface area contributed by atoms with Gasteiger partial charge < -0.3 is 10.5 Å². The number of esters is 1. The molecule has 1 aromatic carbocycles. The minimum atomic E-state index is -4.70. The van der Waals surface area contributed by atoms with E-state index in [1.165, 1.54) is 0 Å². The predicted octanol–water partition coefficient (Wildman–Crippen LogP) is 1.89. The van der Waals surface area contributed by atoms with Crippen molar-refractivity contribution in [3.05, 3.63) is 35.1 Å². The minimum absolute atomic E-state index is 0.575. The number of hydrogen-bond donors (Lipinski definition) is 1. The Morgan fingerprint density at radius 3 is 2.56 bits per heavy atom. The molecule has 0 amide bonds. The Labute approximate surface area is 101 Å². The second-order valence-electron chi connectivity index (χ2n) is 3.60. The van der Waals surface area contributed by atoms with Crippen LogP contribution in [-0.4, -0.2) is 19.1 Å². The first-order chi connectivity index (χ1) is 8.27. The van der Waals surface area contributed by atoms with E-state index in [0.717, 1.165) is 25.3 Å². The van der Waals surface area contributed by atoms with Gasteiger partial charge in [-0.05, 0) is 12.1 Å². The summed E-state index contributed by atoms with van der Waals surface area (Å²) in [5.41, 5.74) is 3.56. The Hall–Kier alpha value is -1.63. The highest BCUT2D eigenvalue weighted by Crippen LogP contribution is 2.33. The molecule has 1 atom stereocenters. The van der Waals surface area contributed by atoms with Crippen LogP contribution in [0.3, 0.4) is 0 Å². The van der Waals surface area contributed by atoms with Crippen molar-refractivity contribution >= 4 is 5.97 Å². The van der Waals surface area contributed by atoms with E-state index in [0.29, 0.717) is 0 Å². The second-order valence-corrected chi connectivity index (χ2v) is 3.60. The highest BCUT2D eigenvalue weighted by Gasteiger charge is 2.35. The Balaban J connectivity index is 3.12. The topological polar surface area (TPSA) is 52.3 Å². The van der Waals surface area contributed by atoms with E-state index < -0.39 is 41.6 Å². The molecular weight excluding hydrogens is 254 g/mol.